The topological polar surface area (TPSA) is 53.3 Å². The summed E-state index contributed by atoms with van der Waals surface area (Å²) in [6, 6.07) is 24.9. The molecule has 148 valence electrons. The largest absolute Gasteiger partial charge is 0.438 e. The van der Waals surface area contributed by atoms with Crippen LogP contribution >= 0.6 is 0 Å². The van der Waals surface area contributed by atoms with Crippen LogP contribution in [0.3, 0.4) is 0 Å². The van der Waals surface area contributed by atoms with E-state index >= 15 is 0 Å². The molecule has 0 aliphatic carbocycles. The van der Waals surface area contributed by atoms with Crippen LogP contribution in [-0.2, 0) is 0 Å². The third-order valence-corrected chi connectivity index (χ3v) is 4.96. The number of hydrogen-bond donors (Lipinski definition) is 2. The first-order valence-electron chi connectivity index (χ1n) is 9.58. The molecule has 0 spiro atoms. The number of furan rings is 1. The molecule has 0 atom stereocenters. The van der Waals surface area contributed by atoms with E-state index in [4.69, 9.17) is 4.42 Å². The third-order valence-electron chi connectivity index (χ3n) is 4.96. The lowest BCUT2D eigenvalue weighted by atomic mass is 10.1. The molecule has 0 amide bonds. The maximum absolute atomic E-state index is 13.9. The molecule has 2 heterocycles. The Morgan fingerprint density at radius 3 is 2.33 bits per heavy atom. The molecule has 5 rings (SSSR count). The molecule has 0 aliphatic heterocycles. The molecule has 5 aromatic rings. The lowest BCUT2D eigenvalue weighted by Gasteiger charge is -2.18. The highest BCUT2D eigenvalue weighted by molar-refractivity contribution is 6.05. The fourth-order valence-electron chi connectivity index (χ4n) is 3.54. The van der Waals surface area contributed by atoms with E-state index in [1.807, 2.05) is 66.7 Å². The highest BCUT2D eigenvalue weighted by atomic mass is 19.2. The van der Waals surface area contributed by atoms with E-state index in [1.54, 1.807) is 18.3 Å². The number of para-hydroxylation sites is 4. The van der Waals surface area contributed by atoms with E-state index < -0.39 is 0 Å². The lowest BCUT2D eigenvalue weighted by Crippen LogP contribution is -2.06. The minimum atomic E-state index is 0.464. The van der Waals surface area contributed by atoms with Gasteiger partial charge in [-0.3, -0.25) is 0 Å². The molecular formula is C24H19FN4O. The van der Waals surface area contributed by atoms with Crippen LogP contribution in [0.25, 0.3) is 22.1 Å². The number of benzene rings is 3. The Bertz CT molecular complexity index is 1350. The van der Waals surface area contributed by atoms with Crippen molar-refractivity contribution in [2.24, 2.45) is 0 Å². The molecule has 0 saturated heterocycles. The van der Waals surface area contributed by atoms with Crippen molar-refractivity contribution < 1.29 is 8.90 Å². The van der Waals surface area contributed by atoms with Gasteiger partial charge in [0.1, 0.15) is 5.58 Å². The normalized spacial score (nSPS) is 11.0. The molecule has 2 N–H and O–H groups in total. The number of aromatic nitrogens is 1. The van der Waals surface area contributed by atoms with Crippen LogP contribution in [0, 0.1) is 0 Å². The van der Waals surface area contributed by atoms with E-state index in [9.17, 15) is 4.48 Å². The molecule has 30 heavy (non-hydrogen) atoms. The Labute approximate surface area is 172 Å². The van der Waals surface area contributed by atoms with Crippen LogP contribution in [0.1, 0.15) is 0 Å². The maximum atomic E-state index is 13.9. The van der Waals surface area contributed by atoms with E-state index in [0.29, 0.717) is 22.2 Å². The number of hydrogen-bond acceptors (Lipinski definition) is 5. The summed E-state index contributed by atoms with van der Waals surface area (Å²) in [6.07, 6.45) is 1.72. The molecular weight excluding hydrogens is 379 g/mol. The molecule has 0 aliphatic rings. The predicted molar refractivity (Wildman–Crippen MR) is 120 cm³/mol. The van der Waals surface area contributed by atoms with Crippen molar-refractivity contribution in [3.8, 4) is 0 Å². The lowest BCUT2D eigenvalue weighted by molar-refractivity contribution is 0.476. The molecule has 6 heteroatoms. The number of nitrogens with one attached hydrogen (secondary N) is 2. The van der Waals surface area contributed by atoms with Crippen LogP contribution in [0.15, 0.2) is 89.5 Å². The maximum Gasteiger partial charge on any atom is 0.227 e. The molecule has 0 unspecified atom stereocenters. The first-order chi connectivity index (χ1) is 14.7. The average molecular weight is 398 g/mol. The molecule has 0 radical (unpaired) electrons. The van der Waals surface area contributed by atoms with Gasteiger partial charge in [0.15, 0.2) is 0 Å². The van der Waals surface area contributed by atoms with Gasteiger partial charge >= 0.3 is 0 Å². The Morgan fingerprint density at radius 2 is 1.53 bits per heavy atom. The van der Waals surface area contributed by atoms with Gasteiger partial charge in [-0.05, 0) is 54.6 Å². The van der Waals surface area contributed by atoms with E-state index in [0.717, 1.165) is 33.4 Å². The minimum Gasteiger partial charge on any atom is -0.438 e. The van der Waals surface area contributed by atoms with Gasteiger partial charge in [-0.15, -0.1) is 4.48 Å². The van der Waals surface area contributed by atoms with Gasteiger partial charge < -0.3 is 15.1 Å². The standard InChI is InChI=1S/C24H19FN4O/c1-29(25)22-11-5-4-10-21(22)28-20-9-3-2-8-19(20)27-16-12-13-23-18(15-16)17-7-6-14-26-24(17)30-23/h2-15,27-28H,1H3. The van der Waals surface area contributed by atoms with Crippen molar-refractivity contribution in [1.82, 2.24) is 4.98 Å². The SMILES string of the molecule is CN(F)c1ccccc1Nc1ccccc1Nc1ccc2oc3ncccc3c2c1. The van der Waals surface area contributed by atoms with Gasteiger partial charge in [0.25, 0.3) is 0 Å². The summed E-state index contributed by atoms with van der Waals surface area (Å²) in [5.41, 5.74) is 5.19. The van der Waals surface area contributed by atoms with Gasteiger partial charge in [0.05, 0.1) is 22.7 Å². The molecule has 5 nitrogen and oxygen atoms in total. The van der Waals surface area contributed by atoms with Crippen molar-refractivity contribution >= 4 is 50.5 Å². The van der Waals surface area contributed by atoms with Crippen LogP contribution < -0.4 is 15.8 Å². The summed E-state index contributed by atoms with van der Waals surface area (Å²) >= 11 is 0. The van der Waals surface area contributed by atoms with Crippen LogP contribution in [0.2, 0.25) is 0 Å². The van der Waals surface area contributed by atoms with E-state index in [1.165, 1.54) is 7.05 Å². The first kappa shape index (κ1) is 18.0. The van der Waals surface area contributed by atoms with Crippen LogP contribution in [-0.4, -0.2) is 12.0 Å². The predicted octanol–water partition coefficient (Wildman–Crippen LogP) is 6.79. The van der Waals surface area contributed by atoms with Gasteiger partial charge in [0.2, 0.25) is 5.71 Å². The summed E-state index contributed by atoms with van der Waals surface area (Å²) in [5, 5.41) is 9.36. The highest BCUT2D eigenvalue weighted by Crippen LogP contribution is 2.34. The van der Waals surface area contributed by atoms with Crippen LogP contribution in [0.4, 0.5) is 32.9 Å². The number of fused-ring (bicyclic) bond motifs is 3. The Hall–Kier alpha value is -4.06. The second kappa shape index (κ2) is 7.40. The van der Waals surface area contributed by atoms with Crippen molar-refractivity contribution in [1.29, 1.82) is 0 Å². The van der Waals surface area contributed by atoms with E-state index in [2.05, 4.69) is 15.6 Å². The minimum absolute atomic E-state index is 0.464. The molecule has 0 fully saturated rings. The summed E-state index contributed by atoms with van der Waals surface area (Å²) in [6.45, 7) is 0. The van der Waals surface area contributed by atoms with Gasteiger partial charge in [-0.1, -0.05) is 24.3 Å². The molecule has 0 saturated carbocycles. The summed E-state index contributed by atoms with van der Waals surface area (Å²) < 4.78 is 19.7. The first-order valence-corrected chi connectivity index (χ1v) is 9.58. The number of rotatable bonds is 5. The zero-order chi connectivity index (χ0) is 20.5. The average Bonchev–Trinajstić information content (AvgIpc) is 3.13. The van der Waals surface area contributed by atoms with Crippen molar-refractivity contribution in [2.75, 3.05) is 22.8 Å². The van der Waals surface area contributed by atoms with Gasteiger partial charge in [-0.2, -0.15) is 0 Å². The van der Waals surface area contributed by atoms with Crippen molar-refractivity contribution in [3.05, 3.63) is 85.1 Å². The zero-order valence-electron chi connectivity index (χ0n) is 16.3. The zero-order valence-corrected chi connectivity index (χ0v) is 16.3. The molecule has 3 aromatic carbocycles. The van der Waals surface area contributed by atoms with Crippen LogP contribution in [0.5, 0.6) is 0 Å². The van der Waals surface area contributed by atoms with Crippen molar-refractivity contribution in [2.45, 2.75) is 0 Å². The molecule has 0 bridgehead atoms. The second-order valence-corrected chi connectivity index (χ2v) is 6.96. The van der Waals surface area contributed by atoms with Gasteiger partial charge in [-0.25, -0.2) is 10.1 Å². The molecule has 2 aromatic heterocycles. The Morgan fingerprint density at radius 1 is 0.800 bits per heavy atom. The number of pyridine rings is 1. The summed E-state index contributed by atoms with van der Waals surface area (Å²) in [7, 11) is 1.38. The second-order valence-electron chi connectivity index (χ2n) is 6.96. The monoisotopic (exact) mass is 398 g/mol. The number of anilines is 5. The highest BCUT2D eigenvalue weighted by Gasteiger charge is 2.11. The fourth-order valence-corrected chi connectivity index (χ4v) is 3.54. The smallest absolute Gasteiger partial charge is 0.227 e. The number of halogens is 1. The number of nitrogens with zero attached hydrogens (tertiary/aromatic N) is 2. The van der Waals surface area contributed by atoms with Gasteiger partial charge in [0, 0.05) is 29.7 Å². The summed E-state index contributed by atoms with van der Waals surface area (Å²) in [5.74, 6) is 0. The summed E-state index contributed by atoms with van der Waals surface area (Å²) in [4.78, 5) is 4.28. The third kappa shape index (κ3) is 3.28. The van der Waals surface area contributed by atoms with Crippen molar-refractivity contribution in [3.63, 3.8) is 0 Å². The Balaban J connectivity index is 1.50. The quantitative estimate of drug-likeness (QED) is 0.319. The fraction of sp³-hybridized carbons (Fsp3) is 0.0417. The Kier molecular flexibility index (Phi) is 4.44. The van der Waals surface area contributed by atoms with E-state index in [-0.39, 0.29) is 0 Å².